The highest BCUT2D eigenvalue weighted by atomic mass is 16.5. The van der Waals surface area contributed by atoms with Crippen molar-refractivity contribution in [1.29, 1.82) is 0 Å². The van der Waals surface area contributed by atoms with Gasteiger partial charge in [-0.2, -0.15) is 0 Å². The Morgan fingerprint density at radius 2 is 1.30 bits per heavy atom. The summed E-state index contributed by atoms with van der Waals surface area (Å²) in [6.07, 6.45) is 13.2. The van der Waals surface area contributed by atoms with Gasteiger partial charge in [-0.25, -0.2) is 0 Å². The molecule has 0 atom stereocenters. The summed E-state index contributed by atoms with van der Waals surface area (Å²) in [4.78, 5) is 50.2. The van der Waals surface area contributed by atoms with Crippen molar-refractivity contribution in [3.8, 4) is 0 Å². The summed E-state index contributed by atoms with van der Waals surface area (Å²) < 4.78 is 7.08. The first kappa shape index (κ1) is 29.2. The summed E-state index contributed by atoms with van der Waals surface area (Å²) in [6, 6.07) is 14.9. The fourth-order valence-corrected chi connectivity index (χ4v) is 5.44. The third kappa shape index (κ3) is 7.46. The molecule has 0 saturated carbocycles. The smallest absolute Gasteiger partial charge is 0.305 e. The molecule has 0 saturated heterocycles. The number of nitrogens with zero attached hydrogens (tertiary/aromatic N) is 2. The van der Waals surface area contributed by atoms with E-state index in [4.69, 9.17) is 4.74 Å². The second kappa shape index (κ2) is 14.6. The first-order valence-corrected chi connectivity index (χ1v) is 14.7. The lowest BCUT2D eigenvalue weighted by atomic mass is 10.1. The van der Waals surface area contributed by atoms with Gasteiger partial charge in [0.05, 0.1) is 23.3 Å². The van der Waals surface area contributed by atoms with Crippen molar-refractivity contribution >= 4 is 34.6 Å². The van der Waals surface area contributed by atoms with Crippen LogP contribution in [0.5, 0.6) is 0 Å². The highest BCUT2D eigenvalue weighted by molar-refractivity contribution is 6.21. The van der Waals surface area contributed by atoms with Crippen LogP contribution in [0.1, 0.15) is 109 Å². The van der Waals surface area contributed by atoms with Gasteiger partial charge in [-0.15, -0.1) is 0 Å². The van der Waals surface area contributed by atoms with Crippen molar-refractivity contribution < 1.29 is 23.9 Å². The number of carbonyl (C=O) groups is 4. The van der Waals surface area contributed by atoms with E-state index in [2.05, 4.69) is 0 Å². The molecule has 2 aromatic carbocycles. The number of benzene rings is 2. The van der Waals surface area contributed by atoms with Gasteiger partial charge in [0.15, 0.2) is 0 Å². The van der Waals surface area contributed by atoms with Gasteiger partial charge in [0.2, 0.25) is 5.91 Å². The SMILES string of the molecule is CC(=O)n1cc(CCCC(=O)OCCCCCCCCCCCN2C(=O)c3ccccc3C2=O)c2ccccc21. The molecule has 0 N–H and O–H groups in total. The lowest BCUT2D eigenvalue weighted by molar-refractivity contribution is -0.143. The van der Waals surface area contributed by atoms with E-state index in [1.165, 1.54) is 17.7 Å². The number of esters is 1. The zero-order chi connectivity index (χ0) is 28.3. The highest BCUT2D eigenvalue weighted by Gasteiger charge is 2.34. The minimum absolute atomic E-state index is 0.0147. The van der Waals surface area contributed by atoms with Crippen LogP contribution in [0.4, 0.5) is 0 Å². The van der Waals surface area contributed by atoms with E-state index in [0.717, 1.165) is 67.8 Å². The number of imide groups is 1. The van der Waals surface area contributed by atoms with Gasteiger partial charge in [0, 0.05) is 31.5 Å². The number of ether oxygens (including phenoxy) is 1. The number of para-hydroxylation sites is 1. The standard InChI is InChI=1S/C33H40N2O5/c1-25(36)35-24-26(27-17-11-12-20-30(27)35)16-15-21-31(37)40-23-14-8-6-4-2-3-5-7-13-22-34-32(38)28-18-9-10-19-29(28)33(34)39/h9-12,17-20,24H,2-8,13-16,21-23H2,1H3. The molecule has 4 rings (SSSR count). The molecule has 2 amide bonds. The minimum Gasteiger partial charge on any atom is -0.466 e. The fraction of sp³-hybridized carbons (Fsp3) is 0.455. The summed E-state index contributed by atoms with van der Waals surface area (Å²) >= 11 is 0. The molecule has 3 aromatic rings. The predicted molar refractivity (Wildman–Crippen MR) is 155 cm³/mol. The molecular weight excluding hydrogens is 504 g/mol. The zero-order valence-corrected chi connectivity index (χ0v) is 23.5. The van der Waals surface area contributed by atoms with Crippen molar-refractivity contribution in [1.82, 2.24) is 9.47 Å². The molecule has 0 radical (unpaired) electrons. The van der Waals surface area contributed by atoms with E-state index in [-0.39, 0.29) is 23.7 Å². The molecule has 212 valence electrons. The van der Waals surface area contributed by atoms with Crippen LogP contribution in [0.2, 0.25) is 0 Å². The third-order valence-electron chi connectivity index (χ3n) is 7.63. The molecule has 7 nitrogen and oxygen atoms in total. The maximum absolute atomic E-state index is 12.4. The third-order valence-corrected chi connectivity index (χ3v) is 7.63. The molecule has 0 fully saturated rings. The summed E-state index contributed by atoms with van der Waals surface area (Å²) in [7, 11) is 0. The first-order chi connectivity index (χ1) is 19.5. The lowest BCUT2D eigenvalue weighted by Gasteiger charge is -2.13. The molecule has 2 heterocycles. The van der Waals surface area contributed by atoms with Crippen molar-refractivity contribution in [2.75, 3.05) is 13.2 Å². The van der Waals surface area contributed by atoms with Crippen LogP contribution >= 0.6 is 0 Å². The van der Waals surface area contributed by atoms with Crippen molar-refractivity contribution in [2.24, 2.45) is 0 Å². The largest absolute Gasteiger partial charge is 0.466 e. The maximum Gasteiger partial charge on any atom is 0.305 e. The normalized spacial score (nSPS) is 12.8. The summed E-state index contributed by atoms with van der Waals surface area (Å²) in [5.41, 5.74) is 3.04. The predicted octanol–water partition coefficient (Wildman–Crippen LogP) is 6.97. The highest BCUT2D eigenvalue weighted by Crippen LogP contribution is 2.24. The van der Waals surface area contributed by atoms with Gasteiger partial charge in [-0.05, 0) is 49.4 Å². The number of carbonyl (C=O) groups excluding carboxylic acids is 4. The van der Waals surface area contributed by atoms with Crippen LogP contribution in [0.3, 0.4) is 0 Å². The Balaban J connectivity index is 0.974. The van der Waals surface area contributed by atoms with Crippen LogP contribution < -0.4 is 0 Å². The molecule has 1 aliphatic heterocycles. The second-order valence-corrected chi connectivity index (χ2v) is 10.6. The number of fused-ring (bicyclic) bond motifs is 2. The second-order valence-electron chi connectivity index (χ2n) is 10.6. The molecule has 1 aliphatic rings. The molecule has 0 unspecified atom stereocenters. The van der Waals surface area contributed by atoms with Crippen LogP contribution in [-0.4, -0.2) is 46.3 Å². The van der Waals surface area contributed by atoms with E-state index < -0.39 is 0 Å². The van der Waals surface area contributed by atoms with Gasteiger partial charge in [0.25, 0.3) is 11.8 Å². The quantitative estimate of drug-likeness (QED) is 0.110. The molecular formula is C33H40N2O5. The van der Waals surface area contributed by atoms with Gasteiger partial charge < -0.3 is 4.74 Å². The fourth-order valence-electron chi connectivity index (χ4n) is 5.44. The van der Waals surface area contributed by atoms with E-state index in [1.807, 2.05) is 30.5 Å². The van der Waals surface area contributed by atoms with Gasteiger partial charge >= 0.3 is 5.97 Å². The molecule has 7 heteroatoms. The van der Waals surface area contributed by atoms with E-state index in [9.17, 15) is 19.2 Å². The monoisotopic (exact) mass is 544 g/mol. The Morgan fingerprint density at radius 3 is 1.95 bits per heavy atom. The summed E-state index contributed by atoms with van der Waals surface area (Å²) in [6.45, 7) is 2.52. The Labute approximate surface area is 236 Å². The Kier molecular flexibility index (Phi) is 10.7. The number of hydrogen-bond acceptors (Lipinski definition) is 5. The van der Waals surface area contributed by atoms with Gasteiger partial charge in [-0.1, -0.05) is 75.3 Å². The van der Waals surface area contributed by atoms with E-state index >= 15 is 0 Å². The maximum atomic E-state index is 12.4. The number of rotatable bonds is 16. The van der Waals surface area contributed by atoms with Crippen molar-refractivity contribution in [3.63, 3.8) is 0 Å². The van der Waals surface area contributed by atoms with Gasteiger partial charge in [0.1, 0.15) is 0 Å². The van der Waals surface area contributed by atoms with Crippen molar-refractivity contribution in [2.45, 2.75) is 84.0 Å². The Morgan fingerprint density at radius 1 is 0.725 bits per heavy atom. The van der Waals surface area contributed by atoms with Crippen LogP contribution in [-0.2, 0) is 16.0 Å². The molecule has 0 spiro atoms. The number of hydrogen-bond donors (Lipinski definition) is 0. The van der Waals surface area contributed by atoms with Gasteiger partial charge in [-0.3, -0.25) is 28.6 Å². The van der Waals surface area contributed by atoms with Crippen LogP contribution in [0.25, 0.3) is 10.9 Å². The van der Waals surface area contributed by atoms with Crippen LogP contribution in [0, 0.1) is 0 Å². The average Bonchev–Trinajstić information content (AvgIpc) is 3.44. The summed E-state index contributed by atoms with van der Waals surface area (Å²) in [5, 5.41) is 1.06. The molecule has 0 bridgehead atoms. The lowest BCUT2D eigenvalue weighted by Crippen LogP contribution is -2.30. The molecule has 0 aliphatic carbocycles. The number of unbranched alkanes of at least 4 members (excludes halogenated alkanes) is 8. The number of aryl methyl sites for hydroxylation is 1. The summed E-state index contributed by atoms with van der Waals surface area (Å²) in [5.74, 6) is -0.501. The zero-order valence-electron chi connectivity index (χ0n) is 23.5. The minimum atomic E-state index is -0.165. The average molecular weight is 545 g/mol. The Hall–Kier alpha value is -3.74. The van der Waals surface area contributed by atoms with E-state index in [1.54, 1.807) is 35.8 Å². The molecule has 1 aromatic heterocycles. The first-order valence-electron chi connectivity index (χ1n) is 14.7. The number of amides is 2. The van der Waals surface area contributed by atoms with Crippen molar-refractivity contribution in [3.05, 3.63) is 71.4 Å². The van der Waals surface area contributed by atoms with E-state index in [0.29, 0.717) is 37.1 Å². The Bertz CT molecular complexity index is 1310. The van der Waals surface area contributed by atoms with Crippen LogP contribution in [0.15, 0.2) is 54.7 Å². The molecule has 40 heavy (non-hydrogen) atoms. The number of aromatic nitrogens is 1. The topological polar surface area (TPSA) is 85.7 Å².